The predicted octanol–water partition coefficient (Wildman–Crippen LogP) is 1.87. The number of non-ortho nitro benzene ring substituents is 1. The molecule has 1 aromatic rings. The molecule has 0 aromatic heterocycles. The average Bonchev–Trinajstić information content (AvgIpc) is 3.00. The number of rotatable bonds is 1. The number of nitrogens with zero attached hydrogens (tertiary/aromatic N) is 1. The summed E-state index contributed by atoms with van der Waals surface area (Å²) in [6.07, 6.45) is 2.41. The molecule has 0 unspecified atom stereocenters. The van der Waals surface area contributed by atoms with Crippen LogP contribution in [0.1, 0.15) is 18.4 Å². The summed E-state index contributed by atoms with van der Waals surface area (Å²) in [6.45, 7) is 0. The molecular weight excluding hydrogens is 208 g/mol. The first kappa shape index (κ1) is 9.33. The van der Waals surface area contributed by atoms with Crippen LogP contribution in [0.5, 0.6) is 0 Å². The quantitative estimate of drug-likeness (QED) is 0.577. The largest absolute Gasteiger partial charge is 0.325 e. The Morgan fingerprint density at radius 1 is 1.38 bits per heavy atom. The molecule has 2 aliphatic rings. The van der Waals surface area contributed by atoms with Crippen LogP contribution in [0, 0.1) is 15.5 Å². The number of benzene rings is 1. The van der Waals surface area contributed by atoms with E-state index in [9.17, 15) is 14.9 Å². The van der Waals surface area contributed by atoms with E-state index >= 15 is 0 Å². The van der Waals surface area contributed by atoms with Crippen LogP contribution < -0.4 is 5.32 Å². The molecule has 0 saturated heterocycles. The smallest absolute Gasteiger partial charge is 0.269 e. The number of hydrogen-bond acceptors (Lipinski definition) is 3. The number of amides is 1. The van der Waals surface area contributed by atoms with Gasteiger partial charge in [0.05, 0.1) is 10.3 Å². The number of anilines is 1. The monoisotopic (exact) mass is 218 g/mol. The maximum absolute atomic E-state index is 11.7. The molecule has 1 fully saturated rings. The van der Waals surface area contributed by atoms with Crippen LogP contribution in [-0.4, -0.2) is 10.8 Å². The van der Waals surface area contributed by atoms with Crippen molar-refractivity contribution in [1.29, 1.82) is 0 Å². The highest BCUT2D eigenvalue weighted by molar-refractivity contribution is 6.00. The molecule has 5 nitrogen and oxygen atoms in total. The first-order valence-corrected chi connectivity index (χ1v) is 5.20. The van der Waals surface area contributed by atoms with Gasteiger partial charge in [-0.25, -0.2) is 0 Å². The van der Waals surface area contributed by atoms with Gasteiger partial charge in [0.15, 0.2) is 0 Å². The van der Waals surface area contributed by atoms with Gasteiger partial charge < -0.3 is 5.32 Å². The lowest BCUT2D eigenvalue weighted by Crippen LogP contribution is -2.31. The lowest BCUT2D eigenvalue weighted by atomic mass is 9.90. The van der Waals surface area contributed by atoms with E-state index in [1.54, 1.807) is 12.1 Å². The van der Waals surface area contributed by atoms with Crippen molar-refractivity contribution < 1.29 is 9.72 Å². The topological polar surface area (TPSA) is 72.2 Å². The Labute approximate surface area is 91.6 Å². The second kappa shape index (κ2) is 2.81. The Morgan fingerprint density at radius 2 is 2.12 bits per heavy atom. The van der Waals surface area contributed by atoms with Gasteiger partial charge in [0.1, 0.15) is 0 Å². The number of fused-ring (bicyclic) bond motifs is 1. The molecule has 16 heavy (non-hydrogen) atoms. The Hall–Kier alpha value is -1.91. The maximum Gasteiger partial charge on any atom is 0.269 e. The van der Waals surface area contributed by atoms with Crippen molar-refractivity contribution >= 4 is 17.3 Å². The fraction of sp³-hybridized carbons (Fsp3) is 0.364. The van der Waals surface area contributed by atoms with Crippen LogP contribution in [0.4, 0.5) is 11.4 Å². The van der Waals surface area contributed by atoms with Crippen molar-refractivity contribution in [2.45, 2.75) is 19.3 Å². The van der Waals surface area contributed by atoms with Gasteiger partial charge in [0.25, 0.3) is 5.69 Å². The summed E-state index contributed by atoms with van der Waals surface area (Å²) in [5.41, 5.74) is 1.42. The number of hydrogen-bond donors (Lipinski definition) is 1. The fourth-order valence-corrected chi connectivity index (χ4v) is 2.22. The first-order chi connectivity index (χ1) is 7.61. The normalized spacial score (nSPS) is 20.1. The second-order valence-corrected chi connectivity index (χ2v) is 4.51. The summed E-state index contributed by atoms with van der Waals surface area (Å²) >= 11 is 0. The lowest BCUT2D eigenvalue weighted by Gasteiger charge is -2.23. The van der Waals surface area contributed by atoms with Crippen molar-refractivity contribution in [3.63, 3.8) is 0 Å². The molecule has 1 aromatic carbocycles. The van der Waals surface area contributed by atoms with Crippen LogP contribution in [0.3, 0.4) is 0 Å². The van der Waals surface area contributed by atoms with Crippen molar-refractivity contribution in [1.82, 2.24) is 0 Å². The lowest BCUT2D eigenvalue weighted by molar-refractivity contribution is -0.384. The zero-order valence-corrected chi connectivity index (χ0v) is 8.53. The number of nitrogens with one attached hydrogen (secondary N) is 1. The zero-order chi connectivity index (χ0) is 11.3. The molecule has 0 atom stereocenters. The minimum Gasteiger partial charge on any atom is -0.325 e. The first-order valence-electron chi connectivity index (χ1n) is 5.20. The highest BCUT2D eigenvalue weighted by Gasteiger charge is 2.52. The second-order valence-electron chi connectivity index (χ2n) is 4.51. The van der Waals surface area contributed by atoms with E-state index < -0.39 is 4.92 Å². The average molecular weight is 218 g/mol. The minimum absolute atomic E-state index is 0.0638. The molecular formula is C11H10N2O3. The standard InChI is InChI=1S/C11H10N2O3/c14-10-11(3-4-11)6-7-5-8(13(15)16)1-2-9(7)12-10/h1-2,5H,3-4,6H2,(H,12,14). The molecule has 1 N–H and O–H groups in total. The molecule has 1 saturated carbocycles. The number of nitro groups is 1. The molecule has 1 heterocycles. The SMILES string of the molecule is O=C1Nc2ccc([N+](=O)[O-])cc2CC12CC2. The molecule has 1 aliphatic carbocycles. The van der Waals surface area contributed by atoms with E-state index in [1.165, 1.54) is 6.07 Å². The van der Waals surface area contributed by atoms with E-state index in [4.69, 9.17) is 0 Å². The Morgan fingerprint density at radius 3 is 2.75 bits per heavy atom. The van der Waals surface area contributed by atoms with Crippen molar-refractivity contribution in [3.05, 3.63) is 33.9 Å². The van der Waals surface area contributed by atoms with Gasteiger partial charge in [-0.2, -0.15) is 0 Å². The molecule has 3 rings (SSSR count). The number of nitro benzene ring substituents is 1. The van der Waals surface area contributed by atoms with Crippen LogP contribution in [-0.2, 0) is 11.2 Å². The van der Waals surface area contributed by atoms with Crippen LogP contribution in [0.2, 0.25) is 0 Å². The van der Waals surface area contributed by atoms with Gasteiger partial charge in [-0.15, -0.1) is 0 Å². The molecule has 1 amide bonds. The highest BCUT2D eigenvalue weighted by Crippen LogP contribution is 2.52. The predicted molar refractivity (Wildman–Crippen MR) is 57.1 cm³/mol. The summed E-state index contributed by atoms with van der Waals surface area (Å²) in [7, 11) is 0. The van der Waals surface area contributed by atoms with Gasteiger partial charge >= 0.3 is 0 Å². The van der Waals surface area contributed by atoms with Gasteiger partial charge in [0.2, 0.25) is 5.91 Å². The summed E-state index contributed by atoms with van der Waals surface area (Å²) in [5.74, 6) is 0.0638. The zero-order valence-electron chi connectivity index (χ0n) is 8.53. The molecule has 5 heteroatoms. The summed E-state index contributed by atoms with van der Waals surface area (Å²) in [5, 5.41) is 13.5. The molecule has 1 spiro atoms. The van der Waals surface area contributed by atoms with E-state index in [0.29, 0.717) is 12.1 Å². The fourth-order valence-electron chi connectivity index (χ4n) is 2.22. The maximum atomic E-state index is 11.7. The molecule has 1 aliphatic heterocycles. The minimum atomic E-state index is -0.406. The Kier molecular flexibility index (Phi) is 1.64. The van der Waals surface area contributed by atoms with Crippen LogP contribution in [0.25, 0.3) is 0 Å². The summed E-state index contributed by atoms with van der Waals surface area (Å²) in [4.78, 5) is 22.0. The molecule has 82 valence electrons. The number of carbonyl (C=O) groups excluding carboxylic acids is 1. The van der Waals surface area contributed by atoms with Crippen LogP contribution in [0.15, 0.2) is 18.2 Å². The van der Waals surface area contributed by atoms with E-state index in [0.717, 1.165) is 18.4 Å². The van der Waals surface area contributed by atoms with Crippen LogP contribution >= 0.6 is 0 Å². The van der Waals surface area contributed by atoms with Crippen molar-refractivity contribution in [2.75, 3.05) is 5.32 Å². The third kappa shape index (κ3) is 1.21. The van der Waals surface area contributed by atoms with Gasteiger partial charge in [-0.3, -0.25) is 14.9 Å². The summed E-state index contributed by atoms with van der Waals surface area (Å²) in [6, 6.07) is 4.60. The van der Waals surface area contributed by atoms with Gasteiger partial charge in [-0.05, 0) is 30.9 Å². The number of carbonyl (C=O) groups is 1. The molecule has 0 bridgehead atoms. The van der Waals surface area contributed by atoms with Crippen molar-refractivity contribution in [3.8, 4) is 0 Å². The van der Waals surface area contributed by atoms with Crippen molar-refractivity contribution in [2.24, 2.45) is 5.41 Å². The van der Waals surface area contributed by atoms with Gasteiger partial charge in [0, 0.05) is 17.8 Å². The van der Waals surface area contributed by atoms with E-state index in [2.05, 4.69) is 5.32 Å². The highest BCUT2D eigenvalue weighted by atomic mass is 16.6. The third-order valence-electron chi connectivity index (χ3n) is 3.41. The van der Waals surface area contributed by atoms with E-state index in [-0.39, 0.29) is 17.0 Å². The molecule has 0 radical (unpaired) electrons. The third-order valence-corrected chi connectivity index (χ3v) is 3.41. The summed E-state index contributed by atoms with van der Waals surface area (Å²) < 4.78 is 0. The Balaban J connectivity index is 2.04. The van der Waals surface area contributed by atoms with Gasteiger partial charge in [-0.1, -0.05) is 0 Å². The Bertz CT molecular complexity index is 506. The van der Waals surface area contributed by atoms with E-state index in [1.807, 2.05) is 0 Å².